The van der Waals surface area contributed by atoms with Crippen LogP contribution in [-0.4, -0.2) is 62.3 Å². The number of amides is 1. The van der Waals surface area contributed by atoms with Gasteiger partial charge in [0, 0.05) is 62.4 Å². The number of aromatic nitrogens is 2. The molecule has 1 aliphatic rings. The lowest BCUT2D eigenvalue weighted by atomic mass is 10.1. The predicted molar refractivity (Wildman–Crippen MR) is 148 cm³/mol. The lowest BCUT2D eigenvalue weighted by Gasteiger charge is -2.37. The summed E-state index contributed by atoms with van der Waals surface area (Å²) in [7, 11) is 1.62. The lowest BCUT2D eigenvalue weighted by Crippen LogP contribution is -2.47. The Bertz CT molecular complexity index is 1200. The van der Waals surface area contributed by atoms with Crippen LogP contribution >= 0.6 is 23.4 Å². The Morgan fingerprint density at radius 1 is 1.06 bits per heavy atom. The summed E-state index contributed by atoms with van der Waals surface area (Å²) in [4.78, 5) is 26.7. The summed E-state index contributed by atoms with van der Waals surface area (Å²) in [5.41, 5.74) is 4.88. The van der Waals surface area contributed by atoms with Gasteiger partial charge in [-0.15, -0.1) is 0 Å². The Kier molecular flexibility index (Phi) is 9.07. The van der Waals surface area contributed by atoms with Gasteiger partial charge < -0.3 is 19.9 Å². The molecule has 7 nitrogen and oxygen atoms in total. The maximum atomic E-state index is 12.4. The third-order valence-electron chi connectivity index (χ3n) is 6.26. The number of aryl methyl sites for hydroxylation is 1. The summed E-state index contributed by atoms with van der Waals surface area (Å²) in [5.74, 6) is 1.58. The monoisotopic (exact) mass is 525 g/mol. The summed E-state index contributed by atoms with van der Waals surface area (Å²) in [6, 6.07) is 15.7. The molecule has 2 aromatic carbocycles. The number of nitrogens with one attached hydrogen (secondary N) is 1. The van der Waals surface area contributed by atoms with Gasteiger partial charge in [-0.25, -0.2) is 9.97 Å². The van der Waals surface area contributed by atoms with Crippen molar-refractivity contribution in [1.82, 2.24) is 15.3 Å². The number of halogens is 1. The van der Waals surface area contributed by atoms with Gasteiger partial charge in [-0.1, -0.05) is 47.6 Å². The summed E-state index contributed by atoms with van der Waals surface area (Å²) >= 11 is 8.00. The third kappa shape index (κ3) is 6.49. The molecule has 1 N–H and O–H groups in total. The Balaban J connectivity index is 1.41. The average Bonchev–Trinajstić information content (AvgIpc) is 2.90. The van der Waals surface area contributed by atoms with E-state index in [1.165, 1.54) is 0 Å². The van der Waals surface area contributed by atoms with Crippen LogP contribution in [0.3, 0.4) is 0 Å². The van der Waals surface area contributed by atoms with Crippen LogP contribution in [0, 0.1) is 13.8 Å². The number of carbonyl (C=O) groups is 1. The third-order valence-corrected chi connectivity index (χ3v) is 7.50. The molecule has 36 heavy (non-hydrogen) atoms. The predicted octanol–water partition coefficient (Wildman–Crippen LogP) is 4.74. The van der Waals surface area contributed by atoms with Gasteiger partial charge in [-0.05, 0) is 43.7 Å². The van der Waals surface area contributed by atoms with Crippen molar-refractivity contribution >= 4 is 40.8 Å². The molecule has 4 rings (SSSR count). The van der Waals surface area contributed by atoms with Crippen molar-refractivity contribution in [2.75, 3.05) is 56.2 Å². The van der Waals surface area contributed by atoms with E-state index in [1.54, 1.807) is 18.9 Å². The molecule has 0 radical (unpaired) electrons. The van der Waals surface area contributed by atoms with E-state index in [4.69, 9.17) is 26.3 Å². The van der Waals surface area contributed by atoms with Gasteiger partial charge >= 0.3 is 0 Å². The molecule has 9 heteroatoms. The zero-order chi connectivity index (χ0) is 25.5. The van der Waals surface area contributed by atoms with E-state index in [9.17, 15) is 4.79 Å². The SMILES string of the molecule is COCCNC(=O)c1cccc(CSc2nc(C)c(C)c(N3CCN(c4ccccc4Cl)CC3)n2)c1. The highest BCUT2D eigenvalue weighted by Crippen LogP contribution is 2.30. The first-order valence-electron chi connectivity index (χ1n) is 12.0. The van der Waals surface area contributed by atoms with Crippen molar-refractivity contribution in [3.63, 3.8) is 0 Å². The van der Waals surface area contributed by atoms with Crippen molar-refractivity contribution in [3.05, 3.63) is 75.9 Å². The highest BCUT2D eigenvalue weighted by atomic mass is 35.5. The van der Waals surface area contributed by atoms with Crippen molar-refractivity contribution in [2.45, 2.75) is 24.8 Å². The molecule has 0 unspecified atom stereocenters. The van der Waals surface area contributed by atoms with Crippen LogP contribution in [0.25, 0.3) is 0 Å². The molecule has 3 aromatic rings. The fraction of sp³-hybridized carbons (Fsp3) is 0.370. The number of nitrogens with zero attached hydrogens (tertiary/aromatic N) is 4. The fourth-order valence-corrected chi connectivity index (χ4v) is 5.23. The van der Waals surface area contributed by atoms with Gasteiger partial charge in [0.1, 0.15) is 5.82 Å². The molecule has 0 spiro atoms. The quantitative estimate of drug-likeness (QED) is 0.246. The number of methoxy groups -OCH3 is 1. The van der Waals surface area contributed by atoms with E-state index in [1.807, 2.05) is 49.4 Å². The number of anilines is 2. The first kappa shape index (κ1) is 26.3. The topological polar surface area (TPSA) is 70.6 Å². The van der Waals surface area contributed by atoms with Crippen molar-refractivity contribution in [1.29, 1.82) is 0 Å². The number of hydrogen-bond donors (Lipinski definition) is 1. The Hall–Kier alpha value is -2.81. The molecule has 1 aliphatic heterocycles. The average molecular weight is 526 g/mol. The standard InChI is InChI=1S/C27H32ClN5O2S/c1-19-20(2)30-27(36-18-21-7-6-8-22(17-21)26(34)29-11-16-35-3)31-25(19)33-14-12-32(13-15-33)24-10-5-4-9-23(24)28/h4-10,17H,11-16,18H2,1-3H3,(H,29,34). The number of thioether (sulfide) groups is 1. The number of para-hydroxylation sites is 1. The highest BCUT2D eigenvalue weighted by Gasteiger charge is 2.22. The molecule has 2 heterocycles. The highest BCUT2D eigenvalue weighted by molar-refractivity contribution is 7.98. The first-order chi connectivity index (χ1) is 17.5. The van der Waals surface area contributed by atoms with Crippen LogP contribution in [0.15, 0.2) is 53.7 Å². The minimum Gasteiger partial charge on any atom is -0.383 e. The summed E-state index contributed by atoms with van der Waals surface area (Å²) < 4.78 is 5.00. The Labute approximate surface area is 222 Å². The van der Waals surface area contributed by atoms with Crippen LogP contribution in [0.2, 0.25) is 5.02 Å². The molecular weight excluding hydrogens is 494 g/mol. The Morgan fingerprint density at radius 2 is 1.81 bits per heavy atom. The van der Waals surface area contributed by atoms with E-state index in [0.29, 0.717) is 24.5 Å². The van der Waals surface area contributed by atoms with Crippen molar-refractivity contribution in [2.24, 2.45) is 0 Å². The van der Waals surface area contributed by atoms with E-state index in [2.05, 4.69) is 28.1 Å². The van der Waals surface area contributed by atoms with Gasteiger partial charge in [0.15, 0.2) is 5.16 Å². The molecule has 0 aliphatic carbocycles. The van der Waals surface area contributed by atoms with E-state index in [0.717, 1.165) is 64.7 Å². The van der Waals surface area contributed by atoms with Gasteiger partial charge in [-0.3, -0.25) is 4.79 Å². The summed E-state index contributed by atoms with van der Waals surface area (Å²) in [6.07, 6.45) is 0. The molecule has 0 bridgehead atoms. The van der Waals surface area contributed by atoms with Crippen LogP contribution in [0.5, 0.6) is 0 Å². The van der Waals surface area contributed by atoms with Gasteiger partial charge in [0.2, 0.25) is 0 Å². The van der Waals surface area contributed by atoms with Crippen LogP contribution < -0.4 is 15.1 Å². The number of ether oxygens (including phenoxy) is 1. The zero-order valence-corrected chi connectivity index (χ0v) is 22.5. The molecule has 1 saturated heterocycles. The summed E-state index contributed by atoms with van der Waals surface area (Å²) in [6.45, 7) is 8.60. The van der Waals surface area contributed by atoms with Crippen LogP contribution in [0.4, 0.5) is 11.5 Å². The Morgan fingerprint density at radius 3 is 2.56 bits per heavy atom. The number of hydrogen-bond acceptors (Lipinski definition) is 7. The first-order valence-corrected chi connectivity index (χ1v) is 13.4. The van der Waals surface area contributed by atoms with E-state index in [-0.39, 0.29) is 5.91 Å². The van der Waals surface area contributed by atoms with Crippen LogP contribution in [0.1, 0.15) is 27.2 Å². The molecule has 0 atom stereocenters. The largest absolute Gasteiger partial charge is 0.383 e. The van der Waals surface area contributed by atoms with Crippen molar-refractivity contribution in [3.8, 4) is 0 Å². The second kappa shape index (κ2) is 12.4. The van der Waals surface area contributed by atoms with Gasteiger partial charge in [0.25, 0.3) is 5.91 Å². The fourth-order valence-electron chi connectivity index (χ4n) is 4.15. The normalized spacial score (nSPS) is 13.7. The van der Waals surface area contributed by atoms with E-state index < -0.39 is 0 Å². The second-order valence-electron chi connectivity index (χ2n) is 8.70. The van der Waals surface area contributed by atoms with E-state index >= 15 is 0 Å². The number of piperazine rings is 1. The number of benzene rings is 2. The molecule has 1 aromatic heterocycles. The molecular formula is C27H32ClN5O2S. The maximum Gasteiger partial charge on any atom is 0.251 e. The minimum absolute atomic E-state index is 0.0976. The molecule has 1 fully saturated rings. The van der Waals surface area contributed by atoms with Gasteiger partial charge in [-0.2, -0.15) is 0 Å². The molecule has 1 amide bonds. The number of rotatable bonds is 9. The zero-order valence-electron chi connectivity index (χ0n) is 21.0. The van der Waals surface area contributed by atoms with Crippen molar-refractivity contribution < 1.29 is 9.53 Å². The molecule has 0 saturated carbocycles. The maximum absolute atomic E-state index is 12.4. The summed E-state index contributed by atoms with van der Waals surface area (Å²) in [5, 5.41) is 4.40. The second-order valence-corrected chi connectivity index (χ2v) is 10.1. The smallest absolute Gasteiger partial charge is 0.251 e. The lowest BCUT2D eigenvalue weighted by molar-refractivity contribution is 0.0937. The van der Waals surface area contributed by atoms with Crippen LogP contribution in [-0.2, 0) is 10.5 Å². The number of carbonyl (C=O) groups excluding carboxylic acids is 1. The van der Waals surface area contributed by atoms with Gasteiger partial charge in [0.05, 0.1) is 17.3 Å². The minimum atomic E-state index is -0.0976. The molecule has 190 valence electrons.